The second kappa shape index (κ2) is 4.91. The number of anilines is 2. The highest BCUT2D eigenvalue weighted by Crippen LogP contribution is 2.25. The summed E-state index contributed by atoms with van der Waals surface area (Å²) in [6.45, 7) is 4.23. The van der Waals surface area contributed by atoms with Gasteiger partial charge in [0.05, 0.1) is 5.69 Å². The van der Waals surface area contributed by atoms with Crippen molar-refractivity contribution in [1.29, 1.82) is 0 Å². The summed E-state index contributed by atoms with van der Waals surface area (Å²) in [5.74, 6) is 0.190. The normalized spacial score (nSPS) is 12.3. The molecule has 7 heteroatoms. The first-order valence-electron chi connectivity index (χ1n) is 5.33. The number of nitrogen functional groups attached to an aromatic ring is 1. The third-order valence-corrected chi connectivity index (χ3v) is 1.76. The Morgan fingerprint density at radius 3 is 2.39 bits per heavy atom. The van der Waals surface area contributed by atoms with Crippen molar-refractivity contribution in [2.75, 3.05) is 17.6 Å². The van der Waals surface area contributed by atoms with E-state index in [1.165, 1.54) is 12.1 Å². The molecule has 1 rings (SSSR count). The highest BCUT2D eigenvalue weighted by Gasteiger charge is 2.27. The van der Waals surface area contributed by atoms with Crippen molar-refractivity contribution in [3.63, 3.8) is 0 Å². The number of nitrogens with one attached hydrogen (secondary N) is 1. The van der Waals surface area contributed by atoms with Crippen molar-refractivity contribution < 1.29 is 17.9 Å². The molecular weight excluding hydrogens is 247 g/mol. The van der Waals surface area contributed by atoms with Crippen molar-refractivity contribution in [3.05, 3.63) is 12.1 Å². The van der Waals surface area contributed by atoms with Crippen molar-refractivity contribution >= 4 is 11.5 Å². The van der Waals surface area contributed by atoms with Gasteiger partial charge in [-0.25, -0.2) is 0 Å². The van der Waals surface area contributed by atoms with Crippen molar-refractivity contribution in [2.24, 2.45) is 0 Å². The lowest BCUT2D eigenvalue weighted by Gasteiger charge is -2.21. The molecule has 1 aromatic rings. The molecule has 0 aliphatic carbocycles. The van der Waals surface area contributed by atoms with Crippen LogP contribution in [0.2, 0.25) is 0 Å². The van der Waals surface area contributed by atoms with Crippen LogP contribution in [0.25, 0.3) is 0 Å². The third-order valence-electron chi connectivity index (χ3n) is 1.76. The summed E-state index contributed by atoms with van der Waals surface area (Å²) < 4.78 is 41.6. The van der Waals surface area contributed by atoms with Gasteiger partial charge in [0.25, 0.3) is 0 Å². The van der Waals surface area contributed by atoms with Gasteiger partial charge in [0.15, 0.2) is 0 Å². The van der Waals surface area contributed by atoms with Crippen LogP contribution >= 0.6 is 0 Å². The number of halogens is 3. The number of nitrogens with two attached hydrogens (primary N) is 1. The molecule has 4 nitrogen and oxygen atoms in total. The molecule has 0 unspecified atom stereocenters. The number of ether oxygens (including phenoxy) is 1. The minimum atomic E-state index is -4.30. The van der Waals surface area contributed by atoms with Gasteiger partial charge in [0, 0.05) is 0 Å². The monoisotopic (exact) mass is 263 g/mol. The van der Waals surface area contributed by atoms with Crippen LogP contribution < -0.4 is 15.8 Å². The fourth-order valence-electron chi connectivity index (χ4n) is 1.11. The van der Waals surface area contributed by atoms with Gasteiger partial charge in [-0.05, 0) is 32.9 Å². The molecule has 0 fully saturated rings. The maximum atomic E-state index is 12.0. The van der Waals surface area contributed by atoms with E-state index in [2.05, 4.69) is 10.3 Å². The molecule has 0 aliphatic rings. The highest BCUT2D eigenvalue weighted by atomic mass is 19.4. The molecule has 1 aromatic heterocycles. The Labute approximate surface area is 103 Å². The summed E-state index contributed by atoms with van der Waals surface area (Å²) in [7, 11) is 0. The number of alkyl halides is 3. The third kappa shape index (κ3) is 5.11. The van der Waals surface area contributed by atoms with E-state index in [-0.39, 0.29) is 17.4 Å². The van der Waals surface area contributed by atoms with E-state index in [4.69, 9.17) is 10.5 Å². The Balaban J connectivity index is 2.81. The molecule has 0 atom stereocenters. The molecule has 0 aliphatic heterocycles. The largest absolute Gasteiger partial charge is 0.470 e. The Morgan fingerprint density at radius 1 is 1.28 bits per heavy atom. The molecule has 102 valence electrons. The van der Waals surface area contributed by atoms with Crippen LogP contribution in [0.5, 0.6) is 5.88 Å². The molecule has 0 saturated carbocycles. The van der Waals surface area contributed by atoms with Gasteiger partial charge in [0.2, 0.25) is 5.88 Å². The Bertz CT molecular complexity index is 413. The Kier molecular flexibility index (Phi) is 3.93. The standard InChI is InChI=1S/C11H16F3N3O/c1-10(2,3)18-9-7(15)4-5-8(17-9)16-6-11(12,13)14/h4-5H,6,15H2,1-3H3,(H,16,17). The lowest BCUT2D eigenvalue weighted by Crippen LogP contribution is -2.25. The van der Waals surface area contributed by atoms with E-state index in [0.717, 1.165) is 0 Å². The van der Waals surface area contributed by atoms with Gasteiger partial charge in [-0.2, -0.15) is 18.2 Å². The Morgan fingerprint density at radius 2 is 1.89 bits per heavy atom. The minimum Gasteiger partial charge on any atom is -0.470 e. The lowest BCUT2D eigenvalue weighted by molar-refractivity contribution is -0.115. The van der Waals surface area contributed by atoms with Crippen LogP contribution in [0.4, 0.5) is 24.7 Å². The van der Waals surface area contributed by atoms with Crippen LogP contribution in [0.3, 0.4) is 0 Å². The van der Waals surface area contributed by atoms with E-state index in [1.54, 1.807) is 20.8 Å². The summed E-state index contributed by atoms with van der Waals surface area (Å²) in [5.41, 5.74) is 5.40. The van der Waals surface area contributed by atoms with Gasteiger partial charge >= 0.3 is 6.18 Å². The molecule has 0 radical (unpaired) electrons. The average Bonchev–Trinajstić information content (AvgIpc) is 2.16. The summed E-state index contributed by atoms with van der Waals surface area (Å²) in [6.07, 6.45) is -4.30. The molecule has 0 spiro atoms. The molecule has 0 amide bonds. The zero-order valence-corrected chi connectivity index (χ0v) is 10.4. The number of pyridine rings is 1. The summed E-state index contributed by atoms with van der Waals surface area (Å²) in [5, 5.41) is 2.17. The fourth-order valence-corrected chi connectivity index (χ4v) is 1.11. The first-order chi connectivity index (χ1) is 8.07. The number of rotatable bonds is 3. The minimum absolute atomic E-state index is 0.0702. The SMILES string of the molecule is CC(C)(C)Oc1nc(NCC(F)(F)F)ccc1N. The number of hydrogen-bond donors (Lipinski definition) is 2. The first kappa shape index (κ1) is 14.4. The van der Waals surface area contributed by atoms with E-state index >= 15 is 0 Å². The van der Waals surface area contributed by atoms with Crippen molar-refractivity contribution in [3.8, 4) is 5.88 Å². The summed E-state index contributed by atoms with van der Waals surface area (Å²) in [6, 6.07) is 2.82. The second-order valence-electron chi connectivity index (χ2n) is 4.77. The highest BCUT2D eigenvalue weighted by molar-refractivity contribution is 5.53. The van der Waals surface area contributed by atoms with Crippen LogP contribution in [-0.2, 0) is 0 Å². The maximum absolute atomic E-state index is 12.0. The maximum Gasteiger partial charge on any atom is 0.405 e. The van der Waals surface area contributed by atoms with Crippen LogP contribution in [0.1, 0.15) is 20.8 Å². The zero-order chi connectivity index (χ0) is 14.0. The number of hydrogen-bond acceptors (Lipinski definition) is 4. The van der Waals surface area contributed by atoms with Gasteiger partial charge in [-0.3, -0.25) is 0 Å². The van der Waals surface area contributed by atoms with Gasteiger partial charge in [0.1, 0.15) is 18.0 Å². The quantitative estimate of drug-likeness (QED) is 0.880. The molecule has 1 heterocycles. The Hall–Kier alpha value is -1.66. The number of aromatic nitrogens is 1. The topological polar surface area (TPSA) is 60.2 Å². The molecule has 18 heavy (non-hydrogen) atoms. The summed E-state index contributed by atoms with van der Waals surface area (Å²) >= 11 is 0. The van der Waals surface area contributed by atoms with Gasteiger partial charge < -0.3 is 15.8 Å². The van der Waals surface area contributed by atoms with E-state index in [1.807, 2.05) is 0 Å². The van der Waals surface area contributed by atoms with Gasteiger partial charge in [-0.15, -0.1) is 0 Å². The van der Waals surface area contributed by atoms with Crippen molar-refractivity contribution in [2.45, 2.75) is 32.5 Å². The lowest BCUT2D eigenvalue weighted by atomic mass is 10.2. The fraction of sp³-hybridized carbons (Fsp3) is 0.545. The average molecular weight is 263 g/mol. The van der Waals surface area contributed by atoms with E-state index < -0.39 is 18.3 Å². The summed E-state index contributed by atoms with van der Waals surface area (Å²) in [4.78, 5) is 3.90. The molecule has 0 aromatic carbocycles. The van der Waals surface area contributed by atoms with Crippen LogP contribution in [-0.4, -0.2) is 23.3 Å². The van der Waals surface area contributed by atoms with Gasteiger partial charge in [-0.1, -0.05) is 0 Å². The van der Waals surface area contributed by atoms with Crippen molar-refractivity contribution in [1.82, 2.24) is 4.98 Å². The molecular formula is C11H16F3N3O. The molecule has 0 bridgehead atoms. The van der Waals surface area contributed by atoms with Crippen LogP contribution in [0, 0.1) is 0 Å². The molecule has 0 saturated heterocycles. The second-order valence-corrected chi connectivity index (χ2v) is 4.77. The first-order valence-corrected chi connectivity index (χ1v) is 5.33. The predicted molar refractivity (Wildman–Crippen MR) is 63.6 cm³/mol. The van der Waals surface area contributed by atoms with E-state index in [9.17, 15) is 13.2 Å². The van der Waals surface area contributed by atoms with Crippen LogP contribution in [0.15, 0.2) is 12.1 Å². The zero-order valence-electron chi connectivity index (χ0n) is 10.4. The predicted octanol–water partition coefficient (Wildman–Crippen LogP) is 2.82. The molecule has 3 N–H and O–H groups in total. The van der Waals surface area contributed by atoms with E-state index in [0.29, 0.717) is 0 Å². The number of nitrogens with zero attached hydrogens (tertiary/aromatic N) is 1. The smallest absolute Gasteiger partial charge is 0.405 e.